The maximum atomic E-state index is 4.68. The summed E-state index contributed by atoms with van der Waals surface area (Å²) < 4.78 is 2.08. The van der Waals surface area contributed by atoms with Crippen molar-refractivity contribution in [2.45, 2.75) is 51.9 Å². The molecule has 0 N–H and O–H groups in total. The lowest BCUT2D eigenvalue weighted by molar-refractivity contribution is 0.489. The molecule has 78 valence electrons. The molecule has 1 aromatic heterocycles. The predicted molar refractivity (Wildman–Crippen MR) is 58.6 cm³/mol. The van der Waals surface area contributed by atoms with Gasteiger partial charge in [0.15, 0.2) is 0 Å². The summed E-state index contributed by atoms with van der Waals surface area (Å²) in [5, 5.41) is 4.68. The number of nitrogens with zero attached hydrogens (tertiary/aromatic N) is 2. The first-order valence-electron chi connectivity index (χ1n) is 5.49. The van der Waals surface area contributed by atoms with E-state index in [-0.39, 0.29) is 0 Å². The Balaban J connectivity index is 2.57. The fraction of sp³-hybridized carbons (Fsp3) is 0.750. The molecule has 0 saturated carbocycles. The first-order valence-corrected chi connectivity index (χ1v) is 5.49. The van der Waals surface area contributed by atoms with Gasteiger partial charge < -0.3 is 0 Å². The molecule has 0 fully saturated rings. The second-order valence-corrected chi connectivity index (χ2v) is 5.37. The zero-order valence-electron chi connectivity index (χ0n) is 9.89. The molecule has 2 nitrogen and oxygen atoms in total. The van der Waals surface area contributed by atoms with E-state index in [1.165, 1.54) is 29.8 Å². The molecule has 0 aliphatic heterocycles. The molecule has 2 rings (SSSR count). The fourth-order valence-corrected chi connectivity index (χ4v) is 2.65. The lowest BCUT2D eigenvalue weighted by atomic mass is 9.91. The molecule has 1 aliphatic rings. The molecule has 1 heterocycles. The van der Waals surface area contributed by atoms with Gasteiger partial charge in [0.25, 0.3) is 0 Å². The first-order chi connectivity index (χ1) is 6.43. The fourth-order valence-electron chi connectivity index (χ4n) is 2.65. The summed E-state index contributed by atoms with van der Waals surface area (Å²) in [6.45, 7) is 9.11. The number of fused-ring (bicyclic) bond motifs is 1. The Hall–Kier alpha value is -0.790. The van der Waals surface area contributed by atoms with Crippen molar-refractivity contribution in [1.29, 1.82) is 0 Å². The van der Waals surface area contributed by atoms with Crippen molar-refractivity contribution in [3.05, 3.63) is 17.0 Å². The lowest BCUT2D eigenvalue weighted by Crippen LogP contribution is -2.14. The van der Waals surface area contributed by atoms with Crippen molar-refractivity contribution in [2.24, 2.45) is 7.05 Å². The van der Waals surface area contributed by atoms with Crippen molar-refractivity contribution < 1.29 is 0 Å². The summed E-state index contributed by atoms with van der Waals surface area (Å²) in [6.07, 6.45) is 2.47. The van der Waals surface area contributed by atoms with Gasteiger partial charge in [0.2, 0.25) is 0 Å². The van der Waals surface area contributed by atoms with Gasteiger partial charge in [-0.1, -0.05) is 27.7 Å². The van der Waals surface area contributed by atoms with Crippen molar-refractivity contribution in [1.82, 2.24) is 9.78 Å². The second kappa shape index (κ2) is 2.85. The first kappa shape index (κ1) is 9.75. The van der Waals surface area contributed by atoms with Crippen LogP contribution in [0.5, 0.6) is 0 Å². The Morgan fingerprint density at radius 1 is 1.36 bits per heavy atom. The Kier molecular flexibility index (Phi) is 1.98. The third-order valence-electron chi connectivity index (χ3n) is 3.38. The summed E-state index contributed by atoms with van der Waals surface area (Å²) in [7, 11) is 2.07. The Morgan fingerprint density at radius 2 is 2.00 bits per heavy atom. The highest BCUT2D eigenvalue weighted by molar-refractivity contribution is 5.37. The Bertz CT molecular complexity index is 359. The number of hydrogen-bond acceptors (Lipinski definition) is 1. The zero-order chi connectivity index (χ0) is 10.5. The lowest BCUT2D eigenvalue weighted by Gasteiger charge is -2.15. The normalized spacial score (nSPS) is 19.0. The van der Waals surface area contributed by atoms with Crippen molar-refractivity contribution in [3.63, 3.8) is 0 Å². The molecule has 0 spiro atoms. The molecular weight excluding hydrogens is 172 g/mol. The molecule has 14 heavy (non-hydrogen) atoms. The van der Waals surface area contributed by atoms with Crippen LogP contribution < -0.4 is 0 Å². The molecule has 1 aromatic rings. The summed E-state index contributed by atoms with van der Waals surface area (Å²) in [4.78, 5) is 0. The van der Waals surface area contributed by atoms with Gasteiger partial charge in [-0.2, -0.15) is 5.10 Å². The SMILES string of the molecule is CC(C)c1c2c(nn1C)C(C)(C)CC2. The standard InChI is InChI=1S/C12H20N2/c1-8(2)10-9-6-7-12(3,4)11(9)13-14(10)5/h8H,6-7H2,1-5H3. The third kappa shape index (κ3) is 1.20. The van der Waals surface area contributed by atoms with Crippen LogP contribution in [0.1, 0.15) is 57.0 Å². The van der Waals surface area contributed by atoms with Gasteiger partial charge in [0.05, 0.1) is 5.69 Å². The Morgan fingerprint density at radius 3 is 2.57 bits per heavy atom. The molecule has 1 aliphatic carbocycles. The highest BCUT2D eigenvalue weighted by Crippen LogP contribution is 2.40. The highest BCUT2D eigenvalue weighted by Gasteiger charge is 2.35. The van der Waals surface area contributed by atoms with Gasteiger partial charge in [-0.05, 0) is 24.3 Å². The van der Waals surface area contributed by atoms with Crippen molar-refractivity contribution in [3.8, 4) is 0 Å². The van der Waals surface area contributed by atoms with Crippen LogP contribution in [-0.4, -0.2) is 9.78 Å². The van der Waals surface area contributed by atoms with Gasteiger partial charge in [-0.25, -0.2) is 0 Å². The van der Waals surface area contributed by atoms with Gasteiger partial charge in [0, 0.05) is 18.2 Å². The van der Waals surface area contributed by atoms with Crippen molar-refractivity contribution in [2.75, 3.05) is 0 Å². The van der Waals surface area contributed by atoms with Gasteiger partial charge in [-0.3, -0.25) is 4.68 Å². The number of rotatable bonds is 1. The Labute approximate surface area is 86.3 Å². The van der Waals surface area contributed by atoms with Gasteiger partial charge in [0.1, 0.15) is 0 Å². The zero-order valence-corrected chi connectivity index (χ0v) is 9.89. The van der Waals surface area contributed by atoms with Crippen LogP contribution in [0.4, 0.5) is 0 Å². The summed E-state index contributed by atoms with van der Waals surface area (Å²) in [6, 6.07) is 0. The van der Waals surface area contributed by atoms with E-state index in [1.807, 2.05) is 0 Å². The largest absolute Gasteiger partial charge is 0.272 e. The van der Waals surface area contributed by atoms with Crippen LogP contribution in [0.3, 0.4) is 0 Å². The monoisotopic (exact) mass is 192 g/mol. The van der Waals surface area contributed by atoms with Gasteiger partial charge >= 0.3 is 0 Å². The smallest absolute Gasteiger partial charge is 0.0715 e. The minimum Gasteiger partial charge on any atom is -0.272 e. The number of aryl methyl sites for hydroxylation is 1. The van der Waals surface area contributed by atoms with Crippen LogP contribution in [0, 0.1) is 0 Å². The number of aromatic nitrogens is 2. The maximum Gasteiger partial charge on any atom is 0.0715 e. The molecule has 0 atom stereocenters. The van der Waals surface area contributed by atoms with E-state index < -0.39 is 0 Å². The van der Waals surface area contributed by atoms with E-state index in [9.17, 15) is 0 Å². The highest BCUT2D eigenvalue weighted by atomic mass is 15.3. The van der Waals surface area contributed by atoms with Crippen LogP contribution >= 0.6 is 0 Å². The molecule has 0 saturated heterocycles. The van der Waals surface area contributed by atoms with E-state index in [4.69, 9.17) is 0 Å². The van der Waals surface area contributed by atoms with Gasteiger partial charge in [-0.15, -0.1) is 0 Å². The van der Waals surface area contributed by atoms with Crippen molar-refractivity contribution >= 4 is 0 Å². The topological polar surface area (TPSA) is 17.8 Å². The molecule has 0 radical (unpaired) electrons. The molecule has 0 bridgehead atoms. The van der Waals surface area contributed by atoms with Crippen LogP contribution in [0.25, 0.3) is 0 Å². The molecule has 0 amide bonds. The third-order valence-corrected chi connectivity index (χ3v) is 3.38. The maximum absolute atomic E-state index is 4.68. The summed E-state index contributed by atoms with van der Waals surface area (Å²) in [5.74, 6) is 0.588. The predicted octanol–water partition coefficient (Wildman–Crippen LogP) is 2.77. The minimum atomic E-state index is 0.292. The van der Waals surface area contributed by atoms with E-state index in [2.05, 4.69) is 44.5 Å². The number of hydrogen-bond donors (Lipinski definition) is 0. The van der Waals surface area contributed by atoms with E-state index >= 15 is 0 Å². The average Bonchev–Trinajstić information content (AvgIpc) is 2.50. The quantitative estimate of drug-likeness (QED) is 0.669. The van der Waals surface area contributed by atoms with E-state index in [0.29, 0.717) is 11.3 Å². The molecule has 2 heteroatoms. The average molecular weight is 192 g/mol. The second-order valence-electron chi connectivity index (χ2n) is 5.37. The summed E-state index contributed by atoms with van der Waals surface area (Å²) >= 11 is 0. The molecule has 0 unspecified atom stereocenters. The van der Waals surface area contributed by atoms with Crippen LogP contribution in [-0.2, 0) is 18.9 Å². The molecular formula is C12H20N2. The van der Waals surface area contributed by atoms with Crippen LogP contribution in [0.2, 0.25) is 0 Å². The van der Waals surface area contributed by atoms with E-state index in [0.717, 1.165) is 0 Å². The van der Waals surface area contributed by atoms with Crippen LogP contribution in [0.15, 0.2) is 0 Å². The summed E-state index contributed by atoms with van der Waals surface area (Å²) in [5.41, 5.74) is 4.59. The molecule has 0 aromatic carbocycles. The minimum absolute atomic E-state index is 0.292. The van der Waals surface area contributed by atoms with E-state index in [1.54, 1.807) is 0 Å².